The molecule has 1 fully saturated rings. The Kier molecular flexibility index (Phi) is 2.70. The van der Waals surface area contributed by atoms with Crippen LogP contribution in [0.25, 0.3) is 10.9 Å². The molecular weight excluding hydrogens is 257 g/mol. The molecule has 2 aromatic rings. The number of hydrogen-bond donors (Lipinski definition) is 1. The highest BCUT2D eigenvalue weighted by atomic mass is 35.5. The van der Waals surface area contributed by atoms with Gasteiger partial charge in [0.1, 0.15) is 22.9 Å². The van der Waals surface area contributed by atoms with Gasteiger partial charge >= 0.3 is 0 Å². The van der Waals surface area contributed by atoms with Gasteiger partial charge in [-0.15, -0.1) is 0 Å². The first kappa shape index (κ1) is 11.5. The molecule has 0 saturated heterocycles. The van der Waals surface area contributed by atoms with Crippen molar-refractivity contribution in [2.24, 2.45) is 0 Å². The predicted octanol–water partition coefficient (Wildman–Crippen LogP) is 3.01. The zero-order chi connectivity index (χ0) is 12.7. The van der Waals surface area contributed by atoms with Crippen LogP contribution in [0.4, 0.5) is 10.2 Å². The lowest BCUT2D eigenvalue weighted by atomic mass is 10.2. The summed E-state index contributed by atoms with van der Waals surface area (Å²) < 4.78 is 18.6. The second-order valence-electron chi connectivity index (χ2n) is 4.26. The lowest BCUT2D eigenvalue weighted by Crippen LogP contribution is -2.05. The first-order valence-corrected chi connectivity index (χ1v) is 6.02. The molecule has 94 valence electrons. The first-order chi connectivity index (χ1) is 8.67. The number of aromatic nitrogens is 2. The number of nitrogens with zero attached hydrogens (tertiary/aromatic N) is 2. The van der Waals surface area contributed by atoms with Crippen molar-refractivity contribution in [1.29, 1.82) is 0 Å². The summed E-state index contributed by atoms with van der Waals surface area (Å²) in [4.78, 5) is 8.22. The lowest BCUT2D eigenvalue weighted by Gasteiger charge is -2.10. The highest BCUT2D eigenvalue weighted by Crippen LogP contribution is 2.33. The standard InChI is InChI=1S/C12H11ClFN3O/c1-18-9-5-6(14)4-8-10(9)16-12(13)17-11(8)15-7-2-3-7/h4-5,7H,2-3H2,1H3,(H,15,16,17). The molecule has 0 aliphatic heterocycles. The number of methoxy groups -OCH3 is 1. The van der Waals surface area contributed by atoms with E-state index in [9.17, 15) is 4.39 Å². The third kappa shape index (κ3) is 2.06. The van der Waals surface area contributed by atoms with E-state index in [4.69, 9.17) is 16.3 Å². The van der Waals surface area contributed by atoms with E-state index in [2.05, 4.69) is 15.3 Å². The number of fused-ring (bicyclic) bond motifs is 1. The van der Waals surface area contributed by atoms with E-state index in [0.717, 1.165) is 12.8 Å². The van der Waals surface area contributed by atoms with Crippen LogP contribution in [0.15, 0.2) is 12.1 Å². The molecule has 0 bridgehead atoms. The Balaban J connectivity index is 2.23. The van der Waals surface area contributed by atoms with Crippen LogP contribution in [0.2, 0.25) is 5.28 Å². The molecule has 18 heavy (non-hydrogen) atoms. The fraction of sp³-hybridized carbons (Fsp3) is 0.333. The molecule has 0 radical (unpaired) electrons. The number of ether oxygens (including phenoxy) is 1. The van der Waals surface area contributed by atoms with Gasteiger partial charge < -0.3 is 10.1 Å². The summed E-state index contributed by atoms with van der Waals surface area (Å²) in [5.74, 6) is 0.530. The third-order valence-electron chi connectivity index (χ3n) is 2.84. The topological polar surface area (TPSA) is 47.0 Å². The van der Waals surface area contributed by atoms with Crippen LogP contribution in [-0.4, -0.2) is 23.1 Å². The van der Waals surface area contributed by atoms with E-state index in [1.807, 2.05) is 0 Å². The number of hydrogen-bond acceptors (Lipinski definition) is 4. The molecule has 1 aliphatic carbocycles. The molecule has 1 aromatic carbocycles. The van der Waals surface area contributed by atoms with Crippen molar-refractivity contribution in [1.82, 2.24) is 9.97 Å². The Morgan fingerprint density at radius 1 is 1.39 bits per heavy atom. The molecule has 0 unspecified atom stereocenters. The van der Waals surface area contributed by atoms with Gasteiger partial charge in [0, 0.05) is 17.5 Å². The van der Waals surface area contributed by atoms with Crippen molar-refractivity contribution in [2.75, 3.05) is 12.4 Å². The molecular formula is C12H11ClFN3O. The Bertz CT molecular complexity index is 616. The summed E-state index contributed by atoms with van der Waals surface area (Å²) in [5.41, 5.74) is 0.516. The lowest BCUT2D eigenvalue weighted by molar-refractivity contribution is 0.415. The van der Waals surface area contributed by atoms with Crippen molar-refractivity contribution >= 4 is 28.3 Å². The number of nitrogens with one attached hydrogen (secondary N) is 1. The molecule has 4 nitrogen and oxygen atoms in total. The summed E-state index contributed by atoms with van der Waals surface area (Å²) >= 11 is 5.88. The molecule has 3 rings (SSSR count). The van der Waals surface area contributed by atoms with Crippen molar-refractivity contribution in [3.8, 4) is 5.75 Å². The zero-order valence-corrected chi connectivity index (χ0v) is 10.5. The Morgan fingerprint density at radius 3 is 2.83 bits per heavy atom. The maximum absolute atomic E-state index is 13.5. The number of rotatable bonds is 3. The maximum Gasteiger partial charge on any atom is 0.225 e. The Labute approximate surface area is 108 Å². The highest BCUT2D eigenvalue weighted by molar-refractivity contribution is 6.29. The normalized spacial score (nSPS) is 14.8. The average molecular weight is 268 g/mol. The molecule has 1 saturated carbocycles. The average Bonchev–Trinajstić information content (AvgIpc) is 3.13. The van der Waals surface area contributed by atoms with Crippen LogP contribution in [0.1, 0.15) is 12.8 Å². The summed E-state index contributed by atoms with van der Waals surface area (Å²) in [7, 11) is 1.47. The van der Waals surface area contributed by atoms with Gasteiger partial charge in [-0.05, 0) is 30.5 Å². The number of benzene rings is 1. The molecule has 1 heterocycles. The Morgan fingerprint density at radius 2 is 2.17 bits per heavy atom. The molecule has 6 heteroatoms. The summed E-state index contributed by atoms with van der Waals surface area (Å²) in [6.45, 7) is 0. The second kappa shape index (κ2) is 4.24. The quantitative estimate of drug-likeness (QED) is 0.869. The largest absolute Gasteiger partial charge is 0.494 e. The molecule has 0 spiro atoms. The predicted molar refractivity (Wildman–Crippen MR) is 67.7 cm³/mol. The van der Waals surface area contributed by atoms with Crippen molar-refractivity contribution < 1.29 is 9.13 Å². The van der Waals surface area contributed by atoms with E-state index in [-0.39, 0.29) is 11.1 Å². The van der Waals surface area contributed by atoms with Crippen LogP contribution in [0.5, 0.6) is 5.75 Å². The van der Waals surface area contributed by atoms with Gasteiger partial charge in [0.15, 0.2) is 0 Å². The minimum absolute atomic E-state index is 0.121. The van der Waals surface area contributed by atoms with E-state index in [0.29, 0.717) is 28.5 Å². The van der Waals surface area contributed by atoms with Crippen LogP contribution in [0, 0.1) is 5.82 Å². The van der Waals surface area contributed by atoms with Gasteiger partial charge in [0.25, 0.3) is 0 Å². The summed E-state index contributed by atoms with van der Waals surface area (Å²) in [6, 6.07) is 3.07. The smallest absolute Gasteiger partial charge is 0.225 e. The number of anilines is 1. The van der Waals surface area contributed by atoms with Crippen molar-refractivity contribution in [3.05, 3.63) is 23.2 Å². The monoisotopic (exact) mass is 267 g/mol. The van der Waals surface area contributed by atoms with Crippen LogP contribution < -0.4 is 10.1 Å². The van der Waals surface area contributed by atoms with E-state index in [1.165, 1.54) is 19.2 Å². The van der Waals surface area contributed by atoms with Gasteiger partial charge in [-0.25, -0.2) is 14.4 Å². The third-order valence-corrected chi connectivity index (χ3v) is 3.01. The minimum atomic E-state index is -0.385. The van der Waals surface area contributed by atoms with E-state index >= 15 is 0 Å². The second-order valence-corrected chi connectivity index (χ2v) is 4.60. The van der Waals surface area contributed by atoms with Gasteiger partial charge in [-0.2, -0.15) is 0 Å². The van der Waals surface area contributed by atoms with E-state index < -0.39 is 0 Å². The summed E-state index contributed by atoms with van der Waals surface area (Å²) in [6.07, 6.45) is 2.19. The molecule has 0 atom stereocenters. The molecule has 0 amide bonds. The van der Waals surface area contributed by atoms with Gasteiger partial charge in [0.2, 0.25) is 5.28 Å². The van der Waals surface area contributed by atoms with Gasteiger partial charge in [0.05, 0.1) is 7.11 Å². The van der Waals surface area contributed by atoms with Crippen LogP contribution in [0.3, 0.4) is 0 Å². The van der Waals surface area contributed by atoms with Crippen molar-refractivity contribution in [2.45, 2.75) is 18.9 Å². The maximum atomic E-state index is 13.5. The summed E-state index contributed by atoms with van der Waals surface area (Å²) in [5, 5.41) is 3.93. The van der Waals surface area contributed by atoms with Crippen LogP contribution in [-0.2, 0) is 0 Å². The zero-order valence-electron chi connectivity index (χ0n) is 9.70. The van der Waals surface area contributed by atoms with Gasteiger partial charge in [-0.3, -0.25) is 0 Å². The Hall–Kier alpha value is -1.62. The fourth-order valence-electron chi connectivity index (χ4n) is 1.83. The van der Waals surface area contributed by atoms with Crippen molar-refractivity contribution in [3.63, 3.8) is 0 Å². The molecule has 1 aliphatic rings. The number of halogens is 2. The first-order valence-electron chi connectivity index (χ1n) is 5.64. The van der Waals surface area contributed by atoms with Crippen LogP contribution >= 0.6 is 11.6 Å². The highest BCUT2D eigenvalue weighted by Gasteiger charge is 2.23. The molecule has 1 N–H and O–H groups in total. The molecule has 1 aromatic heterocycles. The van der Waals surface area contributed by atoms with Gasteiger partial charge in [-0.1, -0.05) is 0 Å². The van der Waals surface area contributed by atoms with E-state index in [1.54, 1.807) is 0 Å². The SMILES string of the molecule is COc1cc(F)cc2c(NC3CC3)nc(Cl)nc12. The fourth-order valence-corrected chi connectivity index (χ4v) is 2.00. The minimum Gasteiger partial charge on any atom is -0.494 e.